The van der Waals surface area contributed by atoms with E-state index in [2.05, 4.69) is 20.5 Å². The fourth-order valence-corrected chi connectivity index (χ4v) is 3.15. The van der Waals surface area contributed by atoms with Gasteiger partial charge in [0.2, 0.25) is 5.91 Å². The SMILES string of the molecule is O=C(Cn1cnnn1)N1CCCC[C@H]1c1nccs1. The van der Waals surface area contributed by atoms with E-state index in [0.717, 1.165) is 30.8 Å². The molecule has 1 fully saturated rings. The standard InChI is InChI=1S/C11H14N6OS/c18-10(7-16-8-13-14-15-16)17-5-2-1-3-9(17)11-12-4-6-19-11/h4,6,8-9H,1-3,5,7H2/t9-/m0/s1. The third-order valence-electron chi connectivity index (χ3n) is 3.25. The van der Waals surface area contributed by atoms with Crippen LogP contribution in [-0.2, 0) is 11.3 Å². The van der Waals surface area contributed by atoms with Gasteiger partial charge >= 0.3 is 0 Å². The van der Waals surface area contributed by atoms with Crippen LogP contribution in [0, 0.1) is 0 Å². The summed E-state index contributed by atoms with van der Waals surface area (Å²) in [6.45, 7) is 0.972. The van der Waals surface area contributed by atoms with Crippen LogP contribution in [0.2, 0.25) is 0 Å². The molecule has 7 nitrogen and oxygen atoms in total. The minimum Gasteiger partial charge on any atom is -0.332 e. The van der Waals surface area contributed by atoms with Crippen LogP contribution in [0.3, 0.4) is 0 Å². The Morgan fingerprint density at radius 3 is 3.16 bits per heavy atom. The van der Waals surface area contributed by atoms with Crippen LogP contribution in [0.15, 0.2) is 17.9 Å². The summed E-state index contributed by atoms with van der Waals surface area (Å²) in [6.07, 6.45) is 6.41. The molecule has 1 aliphatic rings. The molecule has 0 bridgehead atoms. The minimum atomic E-state index is 0.0483. The summed E-state index contributed by atoms with van der Waals surface area (Å²) in [5.41, 5.74) is 0. The van der Waals surface area contributed by atoms with Crippen LogP contribution in [-0.4, -0.2) is 42.5 Å². The summed E-state index contributed by atoms with van der Waals surface area (Å²) in [5, 5.41) is 13.8. The number of piperidine rings is 1. The van der Waals surface area contributed by atoms with E-state index in [1.54, 1.807) is 17.5 Å². The van der Waals surface area contributed by atoms with Crippen LogP contribution in [0.4, 0.5) is 0 Å². The second kappa shape index (κ2) is 5.43. The van der Waals surface area contributed by atoms with Crippen molar-refractivity contribution in [3.63, 3.8) is 0 Å². The number of likely N-dealkylation sites (tertiary alicyclic amines) is 1. The normalized spacial score (nSPS) is 19.6. The average Bonchev–Trinajstić information content (AvgIpc) is 3.11. The van der Waals surface area contributed by atoms with Crippen LogP contribution in [0.25, 0.3) is 0 Å². The van der Waals surface area contributed by atoms with E-state index >= 15 is 0 Å². The maximum absolute atomic E-state index is 12.4. The maximum atomic E-state index is 12.4. The zero-order valence-electron chi connectivity index (χ0n) is 10.3. The van der Waals surface area contributed by atoms with E-state index in [1.807, 2.05) is 10.3 Å². The Bertz CT molecular complexity index is 525. The second-order valence-electron chi connectivity index (χ2n) is 4.48. The predicted octanol–water partition coefficient (Wildman–Crippen LogP) is 0.883. The number of carbonyl (C=O) groups is 1. The number of aromatic nitrogens is 5. The van der Waals surface area contributed by atoms with Gasteiger partial charge in [0.15, 0.2) is 0 Å². The molecular weight excluding hydrogens is 264 g/mol. The Hall–Kier alpha value is -1.83. The fourth-order valence-electron chi connectivity index (χ4n) is 2.37. The maximum Gasteiger partial charge on any atom is 0.245 e. The van der Waals surface area contributed by atoms with Crippen LogP contribution < -0.4 is 0 Å². The first kappa shape index (κ1) is 12.2. The molecule has 1 atom stereocenters. The van der Waals surface area contributed by atoms with Crippen LogP contribution in [0.5, 0.6) is 0 Å². The number of rotatable bonds is 3. The second-order valence-corrected chi connectivity index (χ2v) is 5.40. The molecule has 0 aliphatic carbocycles. The van der Waals surface area contributed by atoms with Crippen molar-refractivity contribution in [1.82, 2.24) is 30.1 Å². The lowest BCUT2D eigenvalue weighted by molar-refractivity contribution is -0.136. The lowest BCUT2D eigenvalue weighted by Gasteiger charge is -2.34. The minimum absolute atomic E-state index is 0.0483. The Kier molecular flexibility index (Phi) is 3.49. The highest BCUT2D eigenvalue weighted by Gasteiger charge is 2.29. The third-order valence-corrected chi connectivity index (χ3v) is 4.13. The Morgan fingerprint density at radius 1 is 1.47 bits per heavy atom. The smallest absolute Gasteiger partial charge is 0.245 e. The monoisotopic (exact) mass is 278 g/mol. The van der Waals surface area contributed by atoms with Gasteiger partial charge in [-0.15, -0.1) is 16.4 Å². The molecule has 2 aromatic heterocycles. The summed E-state index contributed by atoms with van der Waals surface area (Å²) >= 11 is 1.61. The Morgan fingerprint density at radius 2 is 2.42 bits per heavy atom. The van der Waals surface area contributed by atoms with Crippen molar-refractivity contribution in [3.8, 4) is 0 Å². The van der Waals surface area contributed by atoms with E-state index in [0.29, 0.717) is 0 Å². The molecular formula is C11H14N6OS. The molecule has 19 heavy (non-hydrogen) atoms. The number of carbonyl (C=O) groups excluding carboxylic acids is 1. The quantitative estimate of drug-likeness (QED) is 0.833. The number of nitrogens with zero attached hydrogens (tertiary/aromatic N) is 6. The van der Waals surface area contributed by atoms with Gasteiger partial charge in [-0.2, -0.15) is 0 Å². The van der Waals surface area contributed by atoms with Crippen molar-refractivity contribution in [3.05, 3.63) is 22.9 Å². The van der Waals surface area contributed by atoms with Gasteiger partial charge in [-0.1, -0.05) is 0 Å². The van der Waals surface area contributed by atoms with Crippen LogP contribution in [0.1, 0.15) is 30.3 Å². The number of thiazole rings is 1. The van der Waals surface area contributed by atoms with Crippen molar-refractivity contribution in [2.45, 2.75) is 31.8 Å². The van der Waals surface area contributed by atoms with Crippen molar-refractivity contribution >= 4 is 17.2 Å². The molecule has 100 valence electrons. The number of amides is 1. The molecule has 1 amide bonds. The number of tetrazole rings is 1. The summed E-state index contributed by atoms with van der Waals surface area (Å²) < 4.78 is 1.45. The molecule has 0 spiro atoms. The molecule has 1 saturated heterocycles. The van der Waals surface area contributed by atoms with Gasteiger partial charge in [0.05, 0.1) is 6.04 Å². The van der Waals surface area contributed by atoms with Crippen molar-refractivity contribution < 1.29 is 4.79 Å². The topological polar surface area (TPSA) is 76.8 Å². The van der Waals surface area contributed by atoms with Gasteiger partial charge in [-0.05, 0) is 29.7 Å². The fraction of sp³-hybridized carbons (Fsp3) is 0.545. The summed E-state index contributed by atoms with van der Waals surface area (Å²) in [4.78, 5) is 18.6. The third kappa shape index (κ3) is 2.62. The van der Waals surface area contributed by atoms with Gasteiger partial charge in [-0.25, -0.2) is 9.67 Å². The largest absolute Gasteiger partial charge is 0.332 e. The first-order valence-electron chi connectivity index (χ1n) is 6.24. The van der Waals surface area contributed by atoms with E-state index in [1.165, 1.54) is 11.0 Å². The zero-order valence-corrected chi connectivity index (χ0v) is 11.2. The predicted molar refractivity (Wildman–Crippen MR) is 68.2 cm³/mol. The Balaban J connectivity index is 1.75. The van der Waals surface area contributed by atoms with Crippen molar-refractivity contribution in [2.24, 2.45) is 0 Å². The highest BCUT2D eigenvalue weighted by molar-refractivity contribution is 7.09. The summed E-state index contributed by atoms with van der Waals surface area (Å²) in [5.74, 6) is 0.0483. The molecule has 3 heterocycles. The first-order valence-corrected chi connectivity index (χ1v) is 7.12. The van der Waals surface area contributed by atoms with Gasteiger partial charge in [0.1, 0.15) is 17.9 Å². The lowest BCUT2D eigenvalue weighted by atomic mass is 10.0. The van der Waals surface area contributed by atoms with Crippen molar-refractivity contribution in [2.75, 3.05) is 6.54 Å². The van der Waals surface area contributed by atoms with E-state index in [-0.39, 0.29) is 18.5 Å². The molecule has 3 rings (SSSR count). The highest BCUT2D eigenvalue weighted by atomic mass is 32.1. The Labute approximate surface area is 114 Å². The van der Waals surface area contributed by atoms with E-state index in [9.17, 15) is 4.79 Å². The number of hydrogen-bond donors (Lipinski definition) is 0. The van der Waals surface area contributed by atoms with E-state index in [4.69, 9.17) is 0 Å². The van der Waals surface area contributed by atoms with Gasteiger partial charge in [0, 0.05) is 18.1 Å². The number of hydrogen-bond acceptors (Lipinski definition) is 6. The molecule has 0 aromatic carbocycles. The molecule has 0 radical (unpaired) electrons. The van der Waals surface area contributed by atoms with Crippen molar-refractivity contribution in [1.29, 1.82) is 0 Å². The zero-order chi connectivity index (χ0) is 13.1. The molecule has 1 aliphatic heterocycles. The lowest BCUT2D eigenvalue weighted by Crippen LogP contribution is -2.40. The molecule has 0 saturated carbocycles. The van der Waals surface area contributed by atoms with Gasteiger partial charge in [-0.3, -0.25) is 4.79 Å². The van der Waals surface area contributed by atoms with Crippen LogP contribution >= 0.6 is 11.3 Å². The summed E-state index contributed by atoms with van der Waals surface area (Å²) in [6, 6.07) is 0.109. The molecule has 0 N–H and O–H groups in total. The molecule has 2 aromatic rings. The van der Waals surface area contributed by atoms with Gasteiger partial charge in [0.25, 0.3) is 0 Å². The van der Waals surface area contributed by atoms with Gasteiger partial charge < -0.3 is 4.90 Å². The summed E-state index contributed by atoms with van der Waals surface area (Å²) in [7, 11) is 0. The average molecular weight is 278 g/mol. The first-order chi connectivity index (χ1) is 9.34. The molecule has 0 unspecified atom stereocenters. The highest BCUT2D eigenvalue weighted by Crippen LogP contribution is 2.32. The van der Waals surface area contributed by atoms with E-state index < -0.39 is 0 Å². The molecule has 8 heteroatoms.